The minimum atomic E-state index is -0.470. The summed E-state index contributed by atoms with van der Waals surface area (Å²) in [4.78, 5) is 13.8. The fraction of sp³-hybridized carbons (Fsp3) is 0.100. The van der Waals surface area contributed by atoms with Crippen LogP contribution in [0.5, 0.6) is 0 Å². The molecule has 4 rings (SSSR count). The zero-order valence-corrected chi connectivity index (χ0v) is 16.9. The van der Waals surface area contributed by atoms with E-state index >= 15 is 0 Å². The number of thiophene rings is 1. The quantitative estimate of drug-likeness (QED) is 0.359. The number of rotatable bonds is 4. The number of carbonyl (C=O) groups is 1. The molecule has 2 aromatic heterocycles. The summed E-state index contributed by atoms with van der Waals surface area (Å²) in [5.41, 5.74) is 2.04. The van der Waals surface area contributed by atoms with Crippen molar-refractivity contribution in [3.05, 3.63) is 80.5 Å². The van der Waals surface area contributed by atoms with Gasteiger partial charge in [-0.05, 0) is 49.4 Å². The van der Waals surface area contributed by atoms with Gasteiger partial charge in [-0.1, -0.05) is 29.3 Å². The first-order valence-electron chi connectivity index (χ1n) is 8.29. The fourth-order valence-electron chi connectivity index (χ4n) is 2.78. The first-order valence-corrected chi connectivity index (χ1v) is 9.86. The lowest BCUT2D eigenvalue weighted by Crippen LogP contribution is -2.04. The molecule has 0 aliphatic carbocycles. The monoisotopic (exact) mass is 434 g/mol. The second kappa shape index (κ2) is 7.54. The van der Waals surface area contributed by atoms with Crippen molar-refractivity contribution in [1.82, 2.24) is 9.78 Å². The van der Waals surface area contributed by atoms with E-state index in [1.165, 1.54) is 23.5 Å². The lowest BCUT2D eigenvalue weighted by molar-refractivity contribution is 0.0479. The van der Waals surface area contributed by atoms with Gasteiger partial charge in [-0.3, -0.25) is 0 Å². The molecular formula is C20H13Cl2FN2O2S. The maximum atomic E-state index is 13.2. The number of esters is 1. The van der Waals surface area contributed by atoms with Crippen LogP contribution in [-0.2, 0) is 11.3 Å². The first-order chi connectivity index (χ1) is 13.4. The van der Waals surface area contributed by atoms with E-state index in [0.29, 0.717) is 26.2 Å². The molecule has 8 heteroatoms. The van der Waals surface area contributed by atoms with Crippen molar-refractivity contribution in [2.75, 3.05) is 0 Å². The smallest absolute Gasteiger partial charge is 0.348 e. The lowest BCUT2D eigenvalue weighted by Gasteiger charge is -2.07. The minimum absolute atomic E-state index is 0.0192. The van der Waals surface area contributed by atoms with Gasteiger partial charge in [0.25, 0.3) is 0 Å². The Morgan fingerprint density at radius 3 is 2.54 bits per heavy atom. The number of hydrogen-bond donors (Lipinski definition) is 0. The zero-order valence-electron chi connectivity index (χ0n) is 14.6. The summed E-state index contributed by atoms with van der Waals surface area (Å²) in [6.07, 6.45) is 0. The van der Waals surface area contributed by atoms with Gasteiger partial charge in [0, 0.05) is 21.0 Å². The summed E-state index contributed by atoms with van der Waals surface area (Å²) >= 11 is 13.5. The number of benzene rings is 2. The van der Waals surface area contributed by atoms with Crippen molar-refractivity contribution >= 4 is 50.7 Å². The lowest BCUT2D eigenvalue weighted by atomic mass is 10.2. The Hall–Kier alpha value is -2.41. The highest BCUT2D eigenvalue weighted by Crippen LogP contribution is 2.31. The van der Waals surface area contributed by atoms with Gasteiger partial charge < -0.3 is 4.74 Å². The van der Waals surface area contributed by atoms with Crippen LogP contribution in [0.3, 0.4) is 0 Å². The molecule has 0 amide bonds. The zero-order chi connectivity index (χ0) is 19.8. The molecule has 0 saturated heterocycles. The summed E-state index contributed by atoms with van der Waals surface area (Å²) in [6.45, 7) is 1.84. The Morgan fingerprint density at radius 1 is 1.18 bits per heavy atom. The fourth-order valence-corrected chi connectivity index (χ4v) is 4.37. The van der Waals surface area contributed by atoms with E-state index in [-0.39, 0.29) is 12.4 Å². The average molecular weight is 435 g/mol. The minimum Gasteiger partial charge on any atom is -0.457 e. The van der Waals surface area contributed by atoms with E-state index in [0.717, 1.165) is 15.9 Å². The van der Waals surface area contributed by atoms with E-state index in [4.69, 9.17) is 27.9 Å². The standard InChI is InChI=1S/C20H13Cl2FN2O2S/c1-11-14-9-18(20(26)27-10-15-16(21)3-2-4-17(15)22)28-19(14)25(24-11)13-7-5-12(23)6-8-13/h2-9H,10H2,1H3. The predicted molar refractivity (Wildman–Crippen MR) is 109 cm³/mol. The SMILES string of the molecule is Cc1nn(-c2ccc(F)cc2)c2sc(C(=O)OCc3c(Cl)cccc3Cl)cc12. The van der Waals surface area contributed by atoms with Gasteiger partial charge in [0.15, 0.2) is 0 Å². The van der Waals surface area contributed by atoms with Crippen molar-refractivity contribution in [3.63, 3.8) is 0 Å². The third kappa shape index (κ3) is 3.51. The summed E-state index contributed by atoms with van der Waals surface area (Å²) in [5.74, 6) is -0.792. The van der Waals surface area contributed by atoms with Crippen LogP contribution in [0.15, 0.2) is 48.5 Å². The number of fused-ring (bicyclic) bond motifs is 1. The van der Waals surface area contributed by atoms with Crippen LogP contribution < -0.4 is 0 Å². The van der Waals surface area contributed by atoms with Crippen molar-refractivity contribution in [1.29, 1.82) is 0 Å². The van der Waals surface area contributed by atoms with E-state index in [2.05, 4.69) is 5.10 Å². The molecule has 0 unspecified atom stereocenters. The molecule has 2 heterocycles. The van der Waals surface area contributed by atoms with Gasteiger partial charge >= 0.3 is 5.97 Å². The number of hydrogen-bond acceptors (Lipinski definition) is 4. The van der Waals surface area contributed by atoms with Gasteiger partial charge in [0.05, 0.1) is 11.4 Å². The highest BCUT2D eigenvalue weighted by Gasteiger charge is 2.19. The van der Waals surface area contributed by atoms with Crippen LogP contribution in [0.2, 0.25) is 10.0 Å². The number of halogens is 3. The molecule has 0 atom stereocenters. The van der Waals surface area contributed by atoms with Crippen molar-refractivity contribution in [3.8, 4) is 5.69 Å². The molecule has 0 spiro atoms. The van der Waals surface area contributed by atoms with Gasteiger partial charge in [0.1, 0.15) is 22.1 Å². The van der Waals surface area contributed by atoms with Crippen LogP contribution in [-0.4, -0.2) is 15.7 Å². The molecule has 28 heavy (non-hydrogen) atoms. The molecule has 4 nitrogen and oxygen atoms in total. The Labute approximate surface area is 174 Å². The maximum absolute atomic E-state index is 13.2. The molecular weight excluding hydrogens is 422 g/mol. The van der Waals surface area contributed by atoms with Crippen molar-refractivity contribution < 1.29 is 13.9 Å². The number of aryl methyl sites for hydroxylation is 1. The van der Waals surface area contributed by atoms with E-state index in [9.17, 15) is 9.18 Å². The highest BCUT2D eigenvalue weighted by molar-refractivity contribution is 7.20. The second-order valence-electron chi connectivity index (χ2n) is 6.08. The van der Waals surface area contributed by atoms with Gasteiger partial charge in [-0.25, -0.2) is 13.9 Å². The Morgan fingerprint density at radius 2 is 1.86 bits per heavy atom. The van der Waals surface area contributed by atoms with Crippen LogP contribution in [0, 0.1) is 12.7 Å². The van der Waals surface area contributed by atoms with Gasteiger partial charge in [-0.15, -0.1) is 11.3 Å². The molecule has 0 saturated carbocycles. The number of carbonyl (C=O) groups excluding carboxylic acids is 1. The Balaban J connectivity index is 1.62. The molecule has 0 aliphatic heterocycles. The normalized spacial score (nSPS) is 11.1. The Kier molecular flexibility index (Phi) is 5.10. The number of nitrogens with zero attached hydrogens (tertiary/aromatic N) is 2. The van der Waals surface area contributed by atoms with Crippen LogP contribution in [0.1, 0.15) is 20.9 Å². The second-order valence-corrected chi connectivity index (χ2v) is 7.92. The van der Waals surface area contributed by atoms with Crippen LogP contribution >= 0.6 is 34.5 Å². The summed E-state index contributed by atoms with van der Waals surface area (Å²) < 4.78 is 20.3. The molecule has 0 N–H and O–H groups in total. The topological polar surface area (TPSA) is 44.1 Å². The third-order valence-corrected chi connectivity index (χ3v) is 6.03. The molecule has 4 aromatic rings. The average Bonchev–Trinajstić information content (AvgIpc) is 3.23. The number of ether oxygens (including phenoxy) is 1. The van der Waals surface area contributed by atoms with Crippen LogP contribution in [0.25, 0.3) is 15.9 Å². The van der Waals surface area contributed by atoms with E-state index in [1.807, 2.05) is 6.92 Å². The molecule has 2 aromatic carbocycles. The summed E-state index contributed by atoms with van der Waals surface area (Å²) in [7, 11) is 0. The van der Waals surface area contributed by atoms with Crippen LogP contribution in [0.4, 0.5) is 4.39 Å². The van der Waals surface area contributed by atoms with Crippen molar-refractivity contribution in [2.45, 2.75) is 13.5 Å². The largest absolute Gasteiger partial charge is 0.457 e. The number of aromatic nitrogens is 2. The molecule has 0 radical (unpaired) electrons. The summed E-state index contributed by atoms with van der Waals surface area (Å²) in [5, 5.41) is 6.22. The Bertz CT molecular complexity index is 1160. The highest BCUT2D eigenvalue weighted by atomic mass is 35.5. The van der Waals surface area contributed by atoms with Gasteiger partial charge in [-0.2, -0.15) is 5.10 Å². The first kappa shape index (κ1) is 18.9. The predicted octanol–water partition coefficient (Wildman–Crippen LogP) is 6.20. The molecule has 0 bridgehead atoms. The molecule has 142 valence electrons. The summed E-state index contributed by atoms with van der Waals surface area (Å²) in [6, 6.07) is 12.9. The third-order valence-electron chi connectivity index (χ3n) is 4.23. The van der Waals surface area contributed by atoms with Crippen molar-refractivity contribution in [2.24, 2.45) is 0 Å². The van der Waals surface area contributed by atoms with E-state index in [1.54, 1.807) is 41.1 Å². The van der Waals surface area contributed by atoms with Gasteiger partial charge in [0.2, 0.25) is 0 Å². The molecule has 0 fully saturated rings. The maximum Gasteiger partial charge on any atom is 0.348 e. The van der Waals surface area contributed by atoms with E-state index < -0.39 is 5.97 Å². The molecule has 0 aliphatic rings.